The first-order chi connectivity index (χ1) is 15.8. The Hall–Kier alpha value is -2.35. The lowest BCUT2D eigenvalue weighted by molar-refractivity contribution is -0.125. The predicted molar refractivity (Wildman–Crippen MR) is 124 cm³/mol. The van der Waals surface area contributed by atoms with Crippen molar-refractivity contribution in [2.24, 2.45) is 21.8 Å². The predicted octanol–water partition coefficient (Wildman–Crippen LogP) is -1.55. The van der Waals surface area contributed by atoms with Gasteiger partial charge in [-0.05, 0) is 13.3 Å². The average Bonchev–Trinajstić information content (AvgIpc) is 2.74. The van der Waals surface area contributed by atoms with Gasteiger partial charge in [0.25, 0.3) is 0 Å². The number of nitrogens with two attached hydrogens (primary N) is 2. The number of carbonyl (C=O) groups is 3. The van der Waals surface area contributed by atoms with E-state index in [1.807, 2.05) is 9.80 Å². The molecule has 1 atom stereocenters. The SMILES string of the molecule is CC(=O)CCC(C(N)=O)N1CCN(CCN=O)CCN(CCN=O)CCN(CC(N)=O)CC1. The van der Waals surface area contributed by atoms with Crippen LogP contribution in [0, 0.1) is 9.81 Å². The molecule has 0 spiro atoms. The van der Waals surface area contributed by atoms with Crippen molar-refractivity contribution in [3.63, 3.8) is 0 Å². The summed E-state index contributed by atoms with van der Waals surface area (Å²) >= 11 is 0. The molecule has 0 aliphatic carbocycles. The van der Waals surface area contributed by atoms with E-state index >= 15 is 0 Å². The van der Waals surface area contributed by atoms with Crippen LogP contribution < -0.4 is 11.5 Å². The minimum atomic E-state index is -0.617. The molecule has 2 amide bonds. The molecular formula is C20H38N8O5. The molecule has 0 saturated carbocycles. The van der Waals surface area contributed by atoms with E-state index in [0.717, 1.165) is 0 Å². The Bertz CT molecular complexity index is 650. The van der Waals surface area contributed by atoms with Crippen LogP contribution >= 0.6 is 0 Å². The number of hydrogen-bond acceptors (Lipinski definition) is 11. The Morgan fingerprint density at radius 1 is 0.788 bits per heavy atom. The molecule has 0 bridgehead atoms. The standard InChI is InChI=1S/C20H38N8O5/c1-17(29)2-3-18(20(22)31)28-14-12-26(7-5-24-33)9-8-25(6-4-23-32)10-11-27(13-15-28)16-19(21)30/h18H,2-16H2,1H3,(H2,21,30)(H2,22,31). The number of nitrogens with zero attached hydrogens (tertiary/aromatic N) is 6. The molecule has 0 aromatic carbocycles. The van der Waals surface area contributed by atoms with Crippen LogP contribution in [0.2, 0.25) is 0 Å². The van der Waals surface area contributed by atoms with E-state index < -0.39 is 17.9 Å². The summed E-state index contributed by atoms with van der Waals surface area (Å²) in [5.41, 5.74) is 11.1. The Morgan fingerprint density at radius 2 is 1.24 bits per heavy atom. The van der Waals surface area contributed by atoms with Crippen molar-refractivity contribution in [3.8, 4) is 0 Å². The van der Waals surface area contributed by atoms with Crippen LogP contribution in [0.15, 0.2) is 10.4 Å². The summed E-state index contributed by atoms with van der Waals surface area (Å²) in [5, 5.41) is 5.91. The molecule has 1 aliphatic heterocycles. The van der Waals surface area contributed by atoms with Crippen molar-refractivity contribution in [3.05, 3.63) is 9.81 Å². The van der Waals surface area contributed by atoms with Gasteiger partial charge in [-0.1, -0.05) is 10.4 Å². The van der Waals surface area contributed by atoms with Gasteiger partial charge in [-0.3, -0.25) is 29.2 Å². The molecule has 1 rings (SSSR count). The third-order valence-electron chi connectivity index (χ3n) is 5.81. The molecule has 188 valence electrons. The van der Waals surface area contributed by atoms with Crippen LogP contribution in [0.5, 0.6) is 0 Å². The van der Waals surface area contributed by atoms with Gasteiger partial charge in [0.15, 0.2) is 0 Å². The maximum Gasteiger partial charge on any atom is 0.234 e. The van der Waals surface area contributed by atoms with E-state index in [4.69, 9.17) is 11.5 Å². The lowest BCUT2D eigenvalue weighted by Crippen LogP contribution is -2.52. The van der Waals surface area contributed by atoms with E-state index in [-0.39, 0.29) is 31.8 Å². The zero-order valence-electron chi connectivity index (χ0n) is 19.6. The van der Waals surface area contributed by atoms with Gasteiger partial charge in [0.05, 0.1) is 25.7 Å². The summed E-state index contributed by atoms with van der Waals surface area (Å²) < 4.78 is 0. The second-order valence-corrected chi connectivity index (χ2v) is 8.33. The molecule has 1 aliphatic rings. The normalized spacial score (nSPS) is 19.2. The zero-order valence-corrected chi connectivity index (χ0v) is 19.6. The fourth-order valence-corrected chi connectivity index (χ4v) is 3.90. The molecule has 0 aromatic rings. The summed E-state index contributed by atoms with van der Waals surface area (Å²) in [6, 6.07) is -0.617. The lowest BCUT2D eigenvalue weighted by atomic mass is 10.1. The number of rotatable bonds is 13. The van der Waals surface area contributed by atoms with E-state index in [0.29, 0.717) is 71.9 Å². The largest absolute Gasteiger partial charge is 0.369 e. The minimum Gasteiger partial charge on any atom is -0.369 e. The molecular weight excluding hydrogens is 432 g/mol. The second-order valence-electron chi connectivity index (χ2n) is 8.33. The van der Waals surface area contributed by atoms with Gasteiger partial charge in [0.2, 0.25) is 11.8 Å². The topological polar surface area (TPSA) is 175 Å². The summed E-state index contributed by atoms with van der Waals surface area (Å²) in [6.45, 7) is 7.22. The molecule has 1 fully saturated rings. The van der Waals surface area contributed by atoms with E-state index in [9.17, 15) is 24.2 Å². The lowest BCUT2D eigenvalue weighted by Gasteiger charge is -2.36. The molecule has 0 aromatic heterocycles. The molecule has 1 saturated heterocycles. The van der Waals surface area contributed by atoms with Gasteiger partial charge >= 0.3 is 0 Å². The molecule has 33 heavy (non-hydrogen) atoms. The van der Waals surface area contributed by atoms with Crippen LogP contribution in [0.25, 0.3) is 0 Å². The summed E-state index contributed by atoms with van der Waals surface area (Å²) in [6.07, 6.45) is 0.566. The Morgan fingerprint density at radius 3 is 1.67 bits per heavy atom. The van der Waals surface area contributed by atoms with Crippen LogP contribution in [0.4, 0.5) is 0 Å². The molecule has 1 heterocycles. The average molecular weight is 471 g/mol. The third-order valence-corrected chi connectivity index (χ3v) is 5.81. The first-order valence-corrected chi connectivity index (χ1v) is 11.3. The fraction of sp³-hybridized carbons (Fsp3) is 0.850. The number of amides is 2. The highest BCUT2D eigenvalue weighted by molar-refractivity contribution is 5.81. The van der Waals surface area contributed by atoms with Crippen LogP contribution in [0.1, 0.15) is 19.8 Å². The maximum atomic E-state index is 12.2. The van der Waals surface area contributed by atoms with Crippen LogP contribution in [-0.4, -0.2) is 128 Å². The number of carbonyl (C=O) groups excluding carboxylic acids is 3. The number of ketones is 1. The van der Waals surface area contributed by atoms with Crippen molar-refractivity contribution in [1.82, 2.24) is 19.6 Å². The fourth-order valence-electron chi connectivity index (χ4n) is 3.90. The minimum absolute atomic E-state index is 0.0189. The van der Waals surface area contributed by atoms with E-state index in [2.05, 4.69) is 20.2 Å². The number of primary amides is 2. The highest BCUT2D eigenvalue weighted by atomic mass is 16.3. The van der Waals surface area contributed by atoms with Gasteiger partial charge in [-0.2, -0.15) is 9.81 Å². The third kappa shape index (κ3) is 12.5. The first kappa shape index (κ1) is 28.7. The first-order valence-electron chi connectivity index (χ1n) is 11.3. The molecule has 13 nitrogen and oxygen atoms in total. The molecule has 0 radical (unpaired) electrons. The summed E-state index contributed by atoms with van der Waals surface area (Å²) in [4.78, 5) is 64.6. The monoisotopic (exact) mass is 470 g/mol. The quantitative estimate of drug-likeness (QED) is 0.302. The van der Waals surface area contributed by atoms with Gasteiger partial charge in [0.1, 0.15) is 5.78 Å². The van der Waals surface area contributed by atoms with Gasteiger partial charge in [-0.25, -0.2) is 0 Å². The summed E-state index contributed by atoms with van der Waals surface area (Å²) in [5.74, 6) is -0.974. The highest BCUT2D eigenvalue weighted by Crippen LogP contribution is 2.10. The van der Waals surface area contributed by atoms with Crippen molar-refractivity contribution in [2.45, 2.75) is 25.8 Å². The number of Topliss-reactive ketones (excluding diaryl/α,β-unsaturated/α-hetero) is 1. The van der Waals surface area contributed by atoms with Crippen molar-refractivity contribution >= 4 is 17.6 Å². The van der Waals surface area contributed by atoms with E-state index in [1.165, 1.54) is 6.92 Å². The summed E-state index contributed by atoms with van der Waals surface area (Å²) in [7, 11) is 0. The number of nitroso groups, excluding NO2 is 2. The number of hydrogen-bond donors (Lipinski definition) is 2. The van der Waals surface area contributed by atoms with Gasteiger partial charge in [0, 0.05) is 71.9 Å². The van der Waals surface area contributed by atoms with E-state index in [1.54, 1.807) is 0 Å². The van der Waals surface area contributed by atoms with Crippen molar-refractivity contribution in [2.75, 3.05) is 85.1 Å². The second kappa shape index (κ2) is 16.3. The van der Waals surface area contributed by atoms with Crippen LogP contribution in [0.3, 0.4) is 0 Å². The molecule has 4 N–H and O–H groups in total. The van der Waals surface area contributed by atoms with Gasteiger partial charge in [-0.15, -0.1) is 0 Å². The van der Waals surface area contributed by atoms with Crippen molar-refractivity contribution < 1.29 is 14.4 Å². The van der Waals surface area contributed by atoms with Gasteiger partial charge < -0.3 is 16.3 Å². The van der Waals surface area contributed by atoms with Crippen LogP contribution in [-0.2, 0) is 14.4 Å². The zero-order chi connectivity index (χ0) is 24.6. The Balaban J connectivity index is 3.05. The Labute approximate surface area is 194 Å². The van der Waals surface area contributed by atoms with Crippen molar-refractivity contribution in [1.29, 1.82) is 0 Å². The highest BCUT2D eigenvalue weighted by Gasteiger charge is 2.26. The smallest absolute Gasteiger partial charge is 0.234 e. The Kier molecular flexibility index (Phi) is 14.2. The molecule has 1 unspecified atom stereocenters. The molecule has 13 heteroatoms. The maximum absolute atomic E-state index is 12.2.